The summed E-state index contributed by atoms with van der Waals surface area (Å²) >= 11 is 0. The second-order valence-electron chi connectivity index (χ2n) is 5.85. The zero-order valence-electron chi connectivity index (χ0n) is 14.9. The van der Waals surface area contributed by atoms with Gasteiger partial charge in [-0.05, 0) is 29.8 Å². The van der Waals surface area contributed by atoms with Crippen molar-refractivity contribution in [1.29, 1.82) is 0 Å². The Hall–Kier alpha value is -3.59. The smallest absolute Gasteiger partial charge is 0.313 e. The lowest BCUT2D eigenvalue weighted by atomic mass is 10.1. The number of anilines is 1. The van der Waals surface area contributed by atoms with Gasteiger partial charge in [0.05, 0.1) is 17.9 Å². The number of carbonyl (C=O) groups is 3. The van der Waals surface area contributed by atoms with Crippen LogP contribution in [0.25, 0.3) is 0 Å². The molecule has 0 aliphatic carbocycles. The van der Waals surface area contributed by atoms with E-state index in [1.54, 1.807) is 24.3 Å². The monoisotopic (exact) mass is 385 g/mol. The van der Waals surface area contributed by atoms with Crippen molar-refractivity contribution >= 4 is 23.4 Å². The Morgan fingerprint density at radius 3 is 2.57 bits per heavy atom. The van der Waals surface area contributed by atoms with Crippen molar-refractivity contribution in [2.75, 3.05) is 25.3 Å². The Kier molecular flexibility index (Phi) is 6.07. The maximum Gasteiger partial charge on any atom is 0.313 e. The van der Waals surface area contributed by atoms with Crippen LogP contribution in [0, 0.1) is 0 Å². The molecule has 4 N–H and O–H groups in total. The van der Waals surface area contributed by atoms with E-state index in [9.17, 15) is 14.4 Å². The lowest BCUT2D eigenvalue weighted by molar-refractivity contribution is -0.136. The highest BCUT2D eigenvalue weighted by Crippen LogP contribution is 2.32. The molecular weight excluding hydrogens is 366 g/mol. The van der Waals surface area contributed by atoms with Gasteiger partial charge in [0.1, 0.15) is 0 Å². The highest BCUT2D eigenvalue weighted by atomic mass is 16.7. The fourth-order valence-electron chi connectivity index (χ4n) is 2.55. The van der Waals surface area contributed by atoms with E-state index in [2.05, 4.69) is 16.0 Å². The molecule has 0 saturated carbocycles. The van der Waals surface area contributed by atoms with Gasteiger partial charge in [-0.3, -0.25) is 14.4 Å². The molecule has 0 bridgehead atoms. The van der Waals surface area contributed by atoms with Crippen LogP contribution in [0.15, 0.2) is 42.5 Å². The summed E-state index contributed by atoms with van der Waals surface area (Å²) < 4.78 is 10.6. The van der Waals surface area contributed by atoms with Crippen molar-refractivity contribution < 1.29 is 29.0 Å². The summed E-state index contributed by atoms with van der Waals surface area (Å²) in [5, 5.41) is 16.1. The predicted octanol–water partition coefficient (Wildman–Crippen LogP) is 0.392. The van der Waals surface area contributed by atoms with Crippen LogP contribution in [-0.4, -0.2) is 42.8 Å². The van der Waals surface area contributed by atoms with Crippen molar-refractivity contribution in [3.63, 3.8) is 0 Å². The highest BCUT2D eigenvalue weighted by Gasteiger charge is 2.18. The Morgan fingerprint density at radius 1 is 0.964 bits per heavy atom. The Balaban J connectivity index is 1.64. The molecule has 0 unspecified atom stereocenters. The van der Waals surface area contributed by atoms with Crippen molar-refractivity contribution in [1.82, 2.24) is 10.6 Å². The van der Waals surface area contributed by atoms with E-state index < -0.39 is 17.7 Å². The summed E-state index contributed by atoms with van der Waals surface area (Å²) in [6.07, 6.45) is 0. The minimum atomic E-state index is -0.926. The van der Waals surface area contributed by atoms with Crippen LogP contribution >= 0.6 is 0 Å². The Morgan fingerprint density at radius 2 is 1.75 bits per heavy atom. The van der Waals surface area contributed by atoms with Gasteiger partial charge in [0.2, 0.25) is 6.79 Å². The summed E-state index contributed by atoms with van der Waals surface area (Å²) in [7, 11) is 0. The number of rotatable bonds is 6. The molecule has 2 aromatic carbocycles. The lowest BCUT2D eigenvalue weighted by Gasteiger charge is -2.11. The maximum atomic E-state index is 12.5. The second-order valence-corrected chi connectivity index (χ2v) is 5.85. The van der Waals surface area contributed by atoms with E-state index in [1.807, 2.05) is 6.07 Å². The number of amides is 3. The molecule has 0 saturated heterocycles. The van der Waals surface area contributed by atoms with Gasteiger partial charge < -0.3 is 30.5 Å². The predicted molar refractivity (Wildman–Crippen MR) is 98.9 cm³/mol. The molecule has 0 aromatic heterocycles. The first-order chi connectivity index (χ1) is 13.6. The number of fused-ring (bicyclic) bond motifs is 1. The third kappa shape index (κ3) is 4.57. The van der Waals surface area contributed by atoms with Gasteiger partial charge in [-0.25, -0.2) is 0 Å². The normalized spacial score (nSPS) is 11.6. The quantitative estimate of drug-likeness (QED) is 0.533. The molecule has 9 nitrogen and oxygen atoms in total. The molecule has 2 aromatic rings. The fraction of sp³-hybridized carbons (Fsp3) is 0.211. The van der Waals surface area contributed by atoms with Gasteiger partial charge in [-0.15, -0.1) is 0 Å². The lowest BCUT2D eigenvalue weighted by Crippen LogP contribution is -2.37. The molecule has 0 fully saturated rings. The molecule has 9 heteroatoms. The number of aliphatic hydroxyl groups is 1. The number of ether oxygens (including phenoxy) is 2. The Bertz CT molecular complexity index is 899. The number of nitrogens with one attached hydrogen (secondary N) is 3. The van der Waals surface area contributed by atoms with Gasteiger partial charge in [-0.1, -0.05) is 18.2 Å². The minimum absolute atomic E-state index is 0.0378. The van der Waals surface area contributed by atoms with E-state index >= 15 is 0 Å². The van der Waals surface area contributed by atoms with Crippen molar-refractivity contribution in [2.45, 2.75) is 6.54 Å². The van der Waals surface area contributed by atoms with Crippen LogP contribution in [0.1, 0.15) is 15.9 Å². The van der Waals surface area contributed by atoms with E-state index in [0.717, 1.165) is 5.56 Å². The molecule has 3 amide bonds. The number of hydrogen-bond acceptors (Lipinski definition) is 6. The molecule has 1 aliphatic heterocycles. The molecule has 0 spiro atoms. The first-order valence-corrected chi connectivity index (χ1v) is 8.54. The highest BCUT2D eigenvalue weighted by molar-refractivity contribution is 6.40. The largest absolute Gasteiger partial charge is 0.454 e. The zero-order chi connectivity index (χ0) is 19.9. The molecule has 28 heavy (non-hydrogen) atoms. The van der Waals surface area contributed by atoms with Gasteiger partial charge in [0, 0.05) is 13.1 Å². The van der Waals surface area contributed by atoms with Gasteiger partial charge in [0.15, 0.2) is 11.5 Å². The summed E-state index contributed by atoms with van der Waals surface area (Å²) in [4.78, 5) is 36.1. The van der Waals surface area contributed by atoms with Crippen molar-refractivity contribution in [2.24, 2.45) is 0 Å². The van der Waals surface area contributed by atoms with E-state index in [4.69, 9.17) is 14.6 Å². The van der Waals surface area contributed by atoms with Crippen LogP contribution in [-0.2, 0) is 16.1 Å². The number of carbonyl (C=O) groups excluding carboxylic acids is 3. The van der Waals surface area contributed by atoms with E-state index in [1.165, 1.54) is 12.1 Å². The summed E-state index contributed by atoms with van der Waals surface area (Å²) in [5.74, 6) is -0.964. The van der Waals surface area contributed by atoms with Crippen molar-refractivity contribution in [3.8, 4) is 11.5 Å². The first-order valence-electron chi connectivity index (χ1n) is 8.54. The van der Waals surface area contributed by atoms with Gasteiger partial charge in [-0.2, -0.15) is 0 Å². The average Bonchev–Trinajstić information content (AvgIpc) is 3.18. The third-order valence-corrected chi connectivity index (χ3v) is 3.91. The number of hydrogen-bond donors (Lipinski definition) is 4. The van der Waals surface area contributed by atoms with E-state index in [0.29, 0.717) is 11.5 Å². The van der Waals surface area contributed by atoms with Crippen LogP contribution in [0.3, 0.4) is 0 Å². The zero-order valence-corrected chi connectivity index (χ0v) is 14.9. The second kappa shape index (κ2) is 8.87. The van der Waals surface area contributed by atoms with E-state index in [-0.39, 0.29) is 37.7 Å². The number of benzene rings is 2. The van der Waals surface area contributed by atoms with Crippen molar-refractivity contribution in [3.05, 3.63) is 53.6 Å². The topological polar surface area (TPSA) is 126 Å². The molecule has 3 rings (SSSR count). The summed E-state index contributed by atoms with van der Waals surface area (Å²) in [6.45, 7) is 0.0978. The van der Waals surface area contributed by atoms with Crippen LogP contribution in [0.5, 0.6) is 11.5 Å². The molecule has 1 heterocycles. The molecular formula is C19H19N3O6. The first kappa shape index (κ1) is 19.2. The third-order valence-electron chi connectivity index (χ3n) is 3.91. The SMILES string of the molecule is O=C(NCCO)C(=O)Nc1ccccc1C(=O)NCc1ccc2c(c1)OCO2. The fourth-order valence-corrected chi connectivity index (χ4v) is 2.55. The van der Waals surface area contributed by atoms with Crippen LogP contribution < -0.4 is 25.4 Å². The molecule has 0 atom stereocenters. The average molecular weight is 385 g/mol. The molecule has 0 radical (unpaired) electrons. The van der Waals surface area contributed by atoms with Gasteiger partial charge in [0.25, 0.3) is 5.91 Å². The summed E-state index contributed by atoms with van der Waals surface area (Å²) in [6, 6.07) is 11.7. The Labute approximate surface area is 160 Å². The number of para-hydroxylation sites is 1. The number of aliphatic hydroxyl groups excluding tert-OH is 1. The molecule has 146 valence electrons. The van der Waals surface area contributed by atoms with Crippen LogP contribution in [0.2, 0.25) is 0 Å². The van der Waals surface area contributed by atoms with Gasteiger partial charge >= 0.3 is 11.8 Å². The van der Waals surface area contributed by atoms with Crippen LogP contribution in [0.4, 0.5) is 5.69 Å². The standard InChI is InChI=1S/C19H19N3O6/c23-8-7-20-18(25)19(26)22-14-4-2-1-3-13(14)17(24)21-10-12-5-6-15-16(9-12)28-11-27-15/h1-6,9,23H,7-8,10-11H2,(H,20,25)(H,21,24)(H,22,26). The minimum Gasteiger partial charge on any atom is -0.454 e. The summed E-state index contributed by atoms with van der Waals surface area (Å²) in [5.41, 5.74) is 1.24. The maximum absolute atomic E-state index is 12.5. The molecule has 1 aliphatic rings.